The second kappa shape index (κ2) is 9.09. The van der Waals surface area contributed by atoms with Crippen LogP contribution in [0.1, 0.15) is 24.5 Å². The summed E-state index contributed by atoms with van der Waals surface area (Å²) in [6.07, 6.45) is -0.894. The van der Waals surface area contributed by atoms with Crippen LogP contribution in [-0.4, -0.2) is 35.3 Å². The zero-order valence-corrected chi connectivity index (χ0v) is 17.1. The Kier molecular flexibility index (Phi) is 6.54. The van der Waals surface area contributed by atoms with Crippen molar-refractivity contribution in [3.63, 3.8) is 0 Å². The molecule has 2 aromatic rings. The smallest absolute Gasteiger partial charge is 0.312 e. The fraction of sp³-hybridized carbons (Fsp3) is 0.318. The number of carbonyl (C=O) groups excluding carboxylic acids is 3. The van der Waals surface area contributed by atoms with Crippen molar-refractivity contribution in [3.8, 4) is 0 Å². The quantitative estimate of drug-likeness (QED) is 0.733. The third-order valence-electron chi connectivity index (χ3n) is 4.87. The van der Waals surface area contributed by atoms with E-state index in [0.717, 1.165) is 11.1 Å². The molecule has 0 spiro atoms. The van der Waals surface area contributed by atoms with Crippen LogP contribution in [0.2, 0.25) is 5.02 Å². The lowest BCUT2D eigenvalue weighted by Crippen LogP contribution is -2.33. The first-order chi connectivity index (χ1) is 13.8. The number of nitrogens with one attached hydrogen (secondary N) is 1. The van der Waals surface area contributed by atoms with Gasteiger partial charge in [-0.25, -0.2) is 0 Å². The maximum Gasteiger partial charge on any atom is 0.312 e. The number of amides is 2. The first-order valence-corrected chi connectivity index (χ1v) is 9.80. The van der Waals surface area contributed by atoms with Gasteiger partial charge in [-0.2, -0.15) is 0 Å². The third-order valence-corrected chi connectivity index (χ3v) is 5.27. The fourth-order valence-corrected chi connectivity index (χ4v) is 3.31. The SMILES string of the molecule is Cc1ccc(NC(=O)C(C)OC(=O)C2CC(=O)N(Cc3ccccc3)C2)cc1Cl. The molecule has 2 atom stereocenters. The van der Waals surface area contributed by atoms with E-state index in [4.69, 9.17) is 16.3 Å². The maximum absolute atomic E-state index is 12.5. The van der Waals surface area contributed by atoms with Crippen LogP contribution < -0.4 is 5.32 Å². The maximum atomic E-state index is 12.5. The van der Waals surface area contributed by atoms with Crippen molar-refractivity contribution in [2.75, 3.05) is 11.9 Å². The van der Waals surface area contributed by atoms with E-state index in [1.165, 1.54) is 6.92 Å². The summed E-state index contributed by atoms with van der Waals surface area (Å²) in [5, 5.41) is 3.22. The number of halogens is 1. The zero-order valence-electron chi connectivity index (χ0n) is 16.4. The molecular formula is C22H23ClN2O4. The Morgan fingerprint density at radius 3 is 2.66 bits per heavy atom. The van der Waals surface area contributed by atoms with Gasteiger partial charge >= 0.3 is 5.97 Å². The predicted molar refractivity (Wildman–Crippen MR) is 110 cm³/mol. The third kappa shape index (κ3) is 5.35. The Labute approximate surface area is 174 Å². The molecule has 6 nitrogen and oxygen atoms in total. The highest BCUT2D eigenvalue weighted by Crippen LogP contribution is 2.23. The summed E-state index contributed by atoms with van der Waals surface area (Å²) >= 11 is 6.06. The van der Waals surface area contributed by atoms with Crippen molar-refractivity contribution in [2.24, 2.45) is 5.92 Å². The van der Waals surface area contributed by atoms with Gasteiger partial charge in [0.1, 0.15) is 0 Å². The number of hydrogen-bond acceptors (Lipinski definition) is 4. The molecule has 1 aliphatic rings. The molecule has 1 fully saturated rings. The van der Waals surface area contributed by atoms with Gasteiger partial charge in [-0.05, 0) is 37.1 Å². The van der Waals surface area contributed by atoms with Gasteiger partial charge in [-0.3, -0.25) is 14.4 Å². The van der Waals surface area contributed by atoms with Crippen LogP contribution in [0.25, 0.3) is 0 Å². The number of carbonyl (C=O) groups is 3. The van der Waals surface area contributed by atoms with Crippen LogP contribution >= 0.6 is 11.6 Å². The standard InChI is InChI=1S/C22H23ClN2O4/c1-14-8-9-18(11-19(14)23)24-21(27)15(2)29-22(28)17-10-20(26)25(13-17)12-16-6-4-3-5-7-16/h3-9,11,15,17H,10,12-13H2,1-2H3,(H,24,27). The van der Waals surface area contributed by atoms with Crippen LogP contribution in [0, 0.1) is 12.8 Å². The molecule has 0 radical (unpaired) electrons. The largest absolute Gasteiger partial charge is 0.452 e. The predicted octanol–water partition coefficient (Wildman–Crippen LogP) is 3.57. The summed E-state index contributed by atoms with van der Waals surface area (Å²) in [6, 6.07) is 14.7. The summed E-state index contributed by atoms with van der Waals surface area (Å²) in [7, 11) is 0. The van der Waals surface area contributed by atoms with Gasteiger partial charge in [-0.15, -0.1) is 0 Å². The Hall–Kier alpha value is -2.86. The average molecular weight is 415 g/mol. The Balaban J connectivity index is 1.53. The van der Waals surface area contributed by atoms with Gasteiger partial charge in [0.15, 0.2) is 6.10 Å². The molecule has 0 bridgehead atoms. The number of hydrogen-bond donors (Lipinski definition) is 1. The van der Waals surface area contributed by atoms with Crippen molar-refractivity contribution in [1.29, 1.82) is 0 Å². The lowest BCUT2D eigenvalue weighted by Gasteiger charge is -2.18. The summed E-state index contributed by atoms with van der Waals surface area (Å²) in [5.74, 6) is -1.67. The molecule has 0 aliphatic carbocycles. The lowest BCUT2D eigenvalue weighted by atomic mass is 10.1. The van der Waals surface area contributed by atoms with Crippen LogP contribution in [0.4, 0.5) is 5.69 Å². The molecule has 7 heteroatoms. The number of benzene rings is 2. The fourth-order valence-electron chi connectivity index (χ4n) is 3.13. The van der Waals surface area contributed by atoms with Gasteiger partial charge in [0, 0.05) is 30.2 Å². The minimum absolute atomic E-state index is 0.0908. The van der Waals surface area contributed by atoms with E-state index < -0.39 is 23.9 Å². The number of likely N-dealkylation sites (tertiary alicyclic amines) is 1. The first-order valence-electron chi connectivity index (χ1n) is 9.42. The monoisotopic (exact) mass is 414 g/mol. The van der Waals surface area contributed by atoms with E-state index in [1.54, 1.807) is 23.1 Å². The molecule has 0 aromatic heterocycles. The molecule has 1 N–H and O–H groups in total. The second-order valence-corrected chi connectivity index (χ2v) is 7.60. The molecule has 2 unspecified atom stereocenters. The van der Waals surface area contributed by atoms with Crippen molar-refractivity contribution < 1.29 is 19.1 Å². The van der Waals surface area contributed by atoms with Gasteiger partial charge in [0.2, 0.25) is 5.91 Å². The molecule has 0 saturated carbocycles. The first kappa shape index (κ1) is 20.9. The highest BCUT2D eigenvalue weighted by atomic mass is 35.5. The van der Waals surface area contributed by atoms with E-state index in [9.17, 15) is 14.4 Å². The van der Waals surface area contributed by atoms with E-state index in [2.05, 4.69) is 5.32 Å². The highest BCUT2D eigenvalue weighted by molar-refractivity contribution is 6.31. The molecule has 152 valence electrons. The van der Waals surface area contributed by atoms with Crippen LogP contribution in [0.3, 0.4) is 0 Å². The second-order valence-electron chi connectivity index (χ2n) is 7.19. The minimum Gasteiger partial charge on any atom is -0.452 e. The van der Waals surface area contributed by atoms with Crippen molar-refractivity contribution >= 4 is 35.1 Å². The highest BCUT2D eigenvalue weighted by Gasteiger charge is 2.36. The van der Waals surface area contributed by atoms with Gasteiger partial charge in [0.25, 0.3) is 5.91 Å². The van der Waals surface area contributed by atoms with Crippen LogP contribution in [0.5, 0.6) is 0 Å². The Morgan fingerprint density at radius 2 is 1.97 bits per heavy atom. The van der Waals surface area contributed by atoms with E-state index >= 15 is 0 Å². The Morgan fingerprint density at radius 1 is 1.24 bits per heavy atom. The number of anilines is 1. The van der Waals surface area contributed by atoms with Crippen molar-refractivity contribution in [1.82, 2.24) is 4.90 Å². The van der Waals surface area contributed by atoms with Gasteiger partial charge < -0.3 is 15.0 Å². The molecule has 3 rings (SSSR count). The molecule has 29 heavy (non-hydrogen) atoms. The number of rotatable bonds is 6. The number of aryl methyl sites for hydroxylation is 1. The molecule has 2 amide bonds. The number of esters is 1. The van der Waals surface area contributed by atoms with E-state index in [-0.39, 0.29) is 18.9 Å². The normalized spacial score (nSPS) is 17.1. The topological polar surface area (TPSA) is 75.7 Å². The van der Waals surface area contributed by atoms with Gasteiger partial charge in [-0.1, -0.05) is 48.0 Å². The average Bonchev–Trinajstić information content (AvgIpc) is 3.06. The van der Waals surface area contributed by atoms with Crippen molar-refractivity contribution in [3.05, 3.63) is 64.7 Å². The summed E-state index contributed by atoms with van der Waals surface area (Å²) < 4.78 is 5.31. The number of ether oxygens (including phenoxy) is 1. The number of nitrogens with zero attached hydrogens (tertiary/aromatic N) is 1. The zero-order chi connectivity index (χ0) is 21.0. The molecule has 1 heterocycles. The summed E-state index contributed by atoms with van der Waals surface area (Å²) in [4.78, 5) is 38.7. The molecule has 1 aliphatic heterocycles. The van der Waals surface area contributed by atoms with E-state index in [0.29, 0.717) is 17.3 Å². The van der Waals surface area contributed by atoms with E-state index in [1.807, 2.05) is 37.3 Å². The summed E-state index contributed by atoms with van der Waals surface area (Å²) in [6.45, 7) is 4.10. The lowest BCUT2D eigenvalue weighted by molar-refractivity contribution is -0.157. The molecular weight excluding hydrogens is 392 g/mol. The molecule has 1 saturated heterocycles. The van der Waals surface area contributed by atoms with Crippen LogP contribution in [0.15, 0.2) is 48.5 Å². The summed E-state index contributed by atoms with van der Waals surface area (Å²) in [5.41, 5.74) is 2.42. The Bertz CT molecular complexity index is 916. The minimum atomic E-state index is -0.985. The van der Waals surface area contributed by atoms with Crippen LogP contribution in [-0.2, 0) is 25.7 Å². The molecule has 2 aromatic carbocycles. The van der Waals surface area contributed by atoms with Crippen molar-refractivity contribution in [2.45, 2.75) is 32.9 Å². The van der Waals surface area contributed by atoms with Gasteiger partial charge in [0.05, 0.1) is 5.92 Å².